The van der Waals surface area contributed by atoms with Crippen LogP contribution in [0.3, 0.4) is 0 Å². The number of anilines is 2. The Morgan fingerprint density at radius 3 is 2.67 bits per heavy atom. The van der Waals surface area contributed by atoms with E-state index in [4.69, 9.17) is 9.47 Å². The van der Waals surface area contributed by atoms with E-state index in [-0.39, 0.29) is 12.3 Å². The summed E-state index contributed by atoms with van der Waals surface area (Å²) in [6.45, 7) is 3.06. The fraction of sp³-hybridized carbons (Fsp3) is 0.261. The molecule has 1 fully saturated rings. The van der Waals surface area contributed by atoms with Crippen LogP contribution < -0.4 is 15.0 Å². The Kier molecular flexibility index (Phi) is 6.20. The van der Waals surface area contributed by atoms with Gasteiger partial charge in [-0.2, -0.15) is 0 Å². The van der Waals surface area contributed by atoms with E-state index in [1.165, 1.54) is 0 Å². The third-order valence-corrected chi connectivity index (χ3v) is 4.93. The number of nitrogens with zero attached hydrogens (tertiary/aromatic N) is 3. The molecule has 0 spiro atoms. The lowest BCUT2D eigenvalue weighted by Crippen LogP contribution is -2.36. The van der Waals surface area contributed by atoms with Crippen LogP contribution in [0.2, 0.25) is 0 Å². The maximum atomic E-state index is 12.5. The molecule has 1 amide bonds. The van der Waals surface area contributed by atoms with Gasteiger partial charge in [-0.1, -0.05) is 24.3 Å². The summed E-state index contributed by atoms with van der Waals surface area (Å²) in [7, 11) is 1.61. The highest BCUT2D eigenvalue weighted by atomic mass is 16.5. The fourth-order valence-electron chi connectivity index (χ4n) is 3.37. The van der Waals surface area contributed by atoms with Crippen LogP contribution in [0.25, 0.3) is 11.3 Å². The van der Waals surface area contributed by atoms with Crippen molar-refractivity contribution in [3.05, 3.63) is 66.2 Å². The molecule has 1 aliphatic rings. The van der Waals surface area contributed by atoms with Crippen LogP contribution in [0, 0.1) is 0 Å². The minimum atomic E-state index is -0.0887. The molecule has 0 aliphatic carbocycles. The van der Waals surface area contributed by atoms with Gasteiger partial charge in [0.15, 0.2) is 5.82 Å². The SMILES string of the molecule is COc1cccc(CC(=O)Nc2cccc(-c3ccc(N4CCOCC4)nn3)c2)c1. The van der Waals surface area contributed by atoms with Crippen LogP contribution in [0.5, 0.6) is 5.75 Å². The van der Waals surface area contributed by atoms with Crippen molar-refractivity contribution < 1.29 is 14.3 Å². The number of carbonyl (C=O) groups excluding carboxylic acids is 1. The number of methoxy groups -OCH3 is 1. The lowest BCUT2D eigenvalue weighted by molar-refractivity contribution is -0.115. The van der Waals surface area contributed by atoms with Crippen molar-refractivity contribution in [1.82, 2.24) is 10.2 Å². The van der Waals surface area contributed by atoms with Crippen LogP contribution in [-0.4, -0.2) is 49.5 Å². The molecule has 7 nitrogen and oxygen atoms in total. The van der Waals surface area contributed by atoms with Crippen LogP contribution in [0.4, 0.5) is 11.5 Å². The van der Waals surface area contributed by atoms with Gasteiger partial charge in [0.1, 0.15) is 5.75 Å². The Bertz CT molecular complexity index is 1000. The fourth-order valence-corrected chi connectivity index (χ4v) is 3.37. The molecule has 1 aliphatic heterocycles. The van der Waals surface area contributed by atoms with Gasteiger partial charge in [-0.05, 0) is 42.0 Å². The molecular weight excluding hydrogens is 380 g/mol. The van der Waals surface area contributed by atoms with Gasteiger partial charge in [0.05, 0.1) is 32.4 Å². The molecule has 0 atom stereocenters. The second-order valence-corrected chi connectivity index (χ2v) is 7.03. The zero-order valence-electron chi connectivity index (χ0n) is 16.9. The standard InChI is InChI=1S/C23H24N4O3/c1-29-20-7-2-4-17(14-20)15-23(28)24-19-6-3-5-18(16-19)21-8-9-22(26-25-21)27-10-12-30-13-11-27/h2-9,14,16H,10-13,15H2,1H3,(H,24,28). The molecule has 0 saturated carbocycles. The molecule has 0 radical (unpaired) electrons. The van der Waals surface area contributed by atoms with Crippen LogP contribution >= 0.6 is 0 Å². The molecule has 2 heterocycles. The highest BCUT2D eigenvalue weighted by molar-refractivity contribution is 5.92. The van der Waals surface area contributed by atoms with Crippen molar-refractivity contribution in [1.29, 1.82) is 0 Å². The van der Waals surface area contributed by atoms with E-state index in [0.29, 0.717) is 13.2 Å². The van der Waals surface area contributed by atoms with Crippen LogP contribution in [-0.2, 0) is 16.0 Å². The smallest absolute Gasteiger partial charge is 0.228 e. The average molecular weight is 404 g/mol. The molecule has 2 aromatic carbocycles. The number of hydrogen-bond donors (Lipinski definition) is 1. The molecule has 1 aromatic heterocycles. The summed E-state index contributed by atoms with van der Waals surface area (Å²) in [5.41, 5.74) is 3.28. The zero-order valence-corrected chi connectivity index (χ0v) is 16.9. The Hall–Kier alpha value is -3.45. The first-order valence-electron chi connectivity index (χ1n) is 9.91. The number of aromatic nitrogens is 2. The molecule has 1 saturated heterocycles. The molecule has 0 unspecified atom stereocenters. The molecule has 3 aromatic rings. The number of carbonyl (C=O) groups is 1. The largest absolute Gasteiger partial charge is 0.497 e. The number of morpholine rings is 1. The maximum absolute atomic E-state index is 12.5. The van der Waals surface area contributed by atoms with Gasteiger partial charge in [0, 0.05) is 24.3 Å². The monoisotopic (exact) mass is 404 g/mol. The van der Waals surface area contributed by atoms with Crippen molar-refractivity contribution >= 4 is 17.4 Å². The summed E-state index contributed by atoms with van der Waals surface area (Å²) in [5.74, 6) is 1.50. The maximum Gasteiger partial charge on any atom is 0.228 e. The lowest BCUT2D eigenvalue weighted by atomic mass is 10.1. The summed E-state index contributed by atoms with van der Waals surface area (Å²) in [5, 5.41) is 11.7. The number of benzene rings is 2. The molecule has 154 valence electrons. The average Bonchev–Trinajstić information content (AvgIpc) is 2.80. The number of amides is 1. The lowest BCUT2D eigenvalue weighted by Gasteiger charge is -2.27. The Balaban J connectivity index is 1.42. The Morgan fingerprint density at radius 1 is 1.07 bits per heavy atom. The van der Waals surface area contributed by atoms with E-state index in [0.717, 1.165) is 47.2 Å². The Labute approximate surface area is 175 Å². The molecule has 4 rings (SSSR count). The van der Waals surface area contributed by atoms with Crippen molar-refractivity contribution in [3.63, 3.8) is 0 Å². The highest BCUT2D eigenvalue weighted by Gasteiger charge is 2.13. The van der Waals surface area contributed by atoms with Gasteiger partial charge in [-0.25, -0.2) is 0 Å². The highest BCUT2D eigenvalue weighted by Crippen LogP contribution is 2.22. The predicted molar refractivity (Wildman–Crippen MR) is 116 cm³/mol. The van der Waals surface area contributed by atoms with Gasteiger partial charge >= 0.3 is 0 Å². The van der Waals surface area contributed by atoms with E-state index in [9.17, 15) is 4.79 Å². The predicted octanol–water partition coefficient (Wildman–Crippen LogP) is 3.17. The summed E-state index contributed by atoms with van der Waals surface area (Å²) in [6.07, 6.45) is 0.273. The first kappa shape index (κ1) is 19.8. The summed E-state index contributed by atoms with van der Waals surface area (Å²) in [4.78, 5) is 14.6. The molecule has 0 bridgehead atoms. The molecular formula is C23H24N4O3. The van der Waals surface area contributed by atoms with Gasteiger partial charge in [0.2, 0.25) is 5.91 Å². The van der Waals surface area contributed by atoms with Gasteiger partial charge < -0.3 is 19.7 Å². The summed E-state index contributed by atoms with van der Waals surface area (Å²) >= 11 is 0. The van der Waals surface area contributed by atoms with Crippen molar-refractivity contribution in [2.24, 2.45) is 0 Å². The van der Waals surface area contributed by atoms with E-state index in [1.54, 1.807) is 7.11 Å². The third kappa shape index (κ3) is 4.93. The van der Waals surface area contributed by atoms with Gasteiger partial charge in [-0.3, -0.25) is 4.79 Å². The topological polar surface area (TPSA) is 76.6 Å². The number of rotatable bonds is 6. The van der Waals surface area contributed by atoms with Crippen molar-refractivity contribution in [2.45, 2.75) is 6.42 Å². The van der Waals surface area contributed by atoms with E-state index < -0.39 is 0 Å². The van der Waals surface area contributed by atoms with E-state index in [2.05, 4.69) is 20.4 Å². The quantitative estimate of drug-likeness (QED) is 0.680. The van der Waals surface area contributed by atoms with E-state index in [1.807, 2.05) is 60.7 Å². The minimum Gasteiger partial charge on any atom is -0.497 e. The number of nitrogens with one attached hydrogen (secondary N) is 1. The second kappa shape index (κ2) is 9.37. The van der Waals surface area contributed by atoms with E-state index >= 15 is 0 Å². The second-order valence-electron chi connectivity index (χ2n) is 7.03. The number of hydrogen-bond acceptors (Lipinski definition) is 6. The molecule has 1 N–H and O–H groups in total. The van der Waals surface area contributed by atoms with Crippen molar-refractivity contribution in [2.75, 3.05) is 43.6 Å². The molecule has 7 heteroatoms. The zero-order chi connectivity index (χ0) is 20.8. The van der Waals surface area contributed by atoms with Crippen LogP contribution in [0.15, 0.2) is 60.7 Å². The summed E-state index contributed by atoms with van der Waals surface area (Å²) < 4.78 is 10.6. The number of ether oxygens (including phenoxy) is 2. The van der Waals surface area contributed by atoms with Gasteiger partial charge in [-0.15, -0.1) is 10.2 Å². The van der Waals surface area contributed by atoms with Crippen LogP contribution in [0.1, 0.15) is 5.56 Å². The first-order valence-corrected chi connectivity index (χ1v) is 9.91. The normalized spacial score (nSPS) is 13.7. The van der Waals surface area contributed by atoms with Crippen molar-refractivity contribution in [3.8, 4) is 17.0 Å². The molecule has 30 heavy (non-hydrogen) atoms. The van der Waals surface area contributed by atoms with Gasteiger partial charge in [0.25, 0.3) is 0 Å². The Morgan fingerprint density at radius 2 is 1.90 bits per heavy atom. The summed E-state index contributed by atoms with van der Waals surface area (Å²) in [6, 6.07) is 19.1. The minimum absolute atomic E-state index is 0.0887. The third-order valence-electron chi connectivity index (χ3n) is 4.93. The first-order chi connectivity index (χ1) is 14.7.